The number of hydrogen-bond acceptors (Lipinski definition) is 5. The minimum atomic E-state index is -0.322. The number of rotatable bonds is 4. The lowest BCUT2D eigenvalue weighted by molar-refractivity contribution is -0.143. The number of nitrogens with one attached hydrogen (secondary N) is 1. The van der Waals surface area contributed by atoms with Crippen molar-refractivity contribution in [1.29, 1.82) is 0 Å². The van der Waals surface area contributed by atoms with E-state index in [1.165, 1.54) is 0 Å². The van der Waals surface area contributed by atoms with Crippen LogP contribution in [0.15, 0.2) is 40.1 Å². The molecule has 128 valence electrons. The lowest BCUT2D eigenvalue weighted by Gasteiger charge is -2.33. The average Bonchev–Trinajstić information content (AvgIpc) is 3.07. The van der Waals surface area contributed by atoms with Gasteiger partial charge in [0.15, 0.2) is 5.78 Å². The maximum atomic E-state index is 12.8. The zero-order chi connectivity index (χ0) is 17.3. The predicted molar refractivity (Wildman–Crippen MR) is 94.6 cm³/mol. The van der Waals surface area contributed by atoms with Gasteiger partial charge in [0.1, 0.15) is 0 Å². The molecule has 0 saturated carbocycles. The Balaban J connectivity index is 2.06. The molecule has 1 aliphatic heterocycles. The van der Waals surface area contributed by atoms with Gasteiger partial charge in [-0.1, -0.05) is 13.0 Å². The standard InChI is InChI=1S/C19H23NO3S/c1-4-11(2)23-19(22)16-12(3)20-13-7-5-8-14(21)17(13)18(16)15-9-6-10-24-15/h6,9-11,18,20H,4-5,7-8H2,1-3H3/t11-,18-/m0/s1. The Morgan fingerprint density at radius 2 is 2.25 bits per heavy atom. The van der Waals surface area contributed by atoms with Crippen molar-refractivity contribution in [1.82, 2.24) is 5.32 Å². The lowest BCUT2D eigenvalue weighted by atomic mass is 9.78. The molecule has 24 heavy (non-hydrogen) atoms. The number of ketones is 1. The first-order chi connectivity index (χ1) is 11.5. The number of thiophene rings is 1. The quantitative estimate of drug-likeness (QED) is 0.836. The van der Waals surface area contributed by atoms with Crippen LogP contribution in [0.25, 0.3) is 0 Å². The van der Waals surface area contributed by atoms with E-state index >= 15 is 0 Å². The first-order valence-electron chi connectivity index (χ1n) is 8.51. The van der Waals surface area contributed by atoms with E-state index in [4.69, 9.17) is 4.74 Å². The van der Waals surface area contributed by atoms with Crippen LogP contribution in [-0.2, 0) is 14.3 Å². The fourth-order valence-corrected chi connectivity index (χ4v) is 4.17. The summed E-state index contributed by atoms with van der Waals surface area (Å²) in [6.45, 7) is 5.78. The van der Waals surface area contributed by atoms with Gasteiger partial charge in [-0.2, -0.15) is 0 Å². The van der Waals surface area contributed by atoms with Gasteiger partial charge in [-0.05, 0) is 44.6 Å². The molecule has 0 bridgehead atoms. The molecule has 5 heteroatoms. The number of hydrogen-bond donors (Lipinski definition) is 1. The van der Waals surface area contributed by atoms with Crippen LogP contribution in [-0.4, -0.2) is 17.9 Å². The molecule has 0 saturated heterocycles. The number of dihydropyridines is 1. The number of carbonyl (C=O) groups excluding carboxylic acids is 2. The molecule has 2 heterocycles. The smallest absolute Gasteiger partial charge is 0.337 e. The summed E-state index contributed by atoms with van der Waals surface area (Å²) in [6, 6.07) is 3.96. The van der Waals surface area contributed by atoms with Gasteiger partial charge < -0.3 is 10.1 Å². The van der Waals surface area contributed by atoms with Crippen molar-refractivity contribution in [2.75, 3.05) is 0 Å². The van der Waals surface area contributed by atoms with E-state index in [0.29, 0.717) is 12.0 Å². The Morgan fingerprint density at radius 1 is 1.46 bits per heavy atom. The molecule has 0 radical (unpaired) electrons. The van der Waals surface area contributed by atoms with E-state index in [2.05, 4.69) is 5.32 Å². The summed E-state index contributed by atoms with van der Waals surface area (Å²) in [5, 5.41) is 5.29. The summed E-state index contributed by atoms with van der Waals surface area (Å²) in [5.74, 6) is -0.480. The van der Waals surface area contributed by atoms with Crippen molar-refractivity contribution in [2.45, 2.75) is 58.5 Å². The van der Waals surface area contributed by atoms with Gasteiger partial charge in [-0.15, -0.1) is 11.3 Å². The first kappa shape index (κ1) is 17.0. The van der Waals surface area contributed by atoms with Gasteiger partial charge in [0, 0.05) is 28.3 Å². The van der Waals surface area contributed by atoms with Crippen LogP contribution in [0.5, 0.6) is 0 Å². The molecule has 0 aromatic carbocycles. The highest BCUT2D eigenvalue weighted by atomic mass is 32.1. The third kappa shape index (κ3) is 3.05. The molecule has 0 fully saturated rings. The Labute approximate surface area is 146 Å². The molecular weight excluding hydrogens is 322 g/mol. The molecule has 1 aliphatic carbocycles. The summed E-state index contributed by atoms with van der Waals surface area (Å²) in [6.07, 6.45) is 2.90. The molecule has 4 nitrogen and oxygen atoms in total. The van der Waals surface area contributed by atoms with Crippen molar-refractivity contribution in [3.8, 4) is 0 Å². The van der Waals surface area contributed by atoms with Gasteiger partial charge in [0.05, 0.1) is 17.6 Å². The molecule has 0 amide bonds. The molecule has 0 spiro atoms. The van der Waals surface area contributed by atoms with Crippen LogP contribution in [0.3, 0.4) is 0 Å². The summed E-state index contributed by atoms with van der Waals surface area (Å²) >= 11 is 1.58. The van der Waals surface area contributed by atoms with Crippen molar-refractivity contribution in [2.24, 2.45) is 0 Å². The summed E-state index contributed by atoms with van der Waals surface area (Å²) in [5.41, 5.74) is 3.11. The number of ether oxygens (including phenoxy) is 1. The van der Waals surface area contributed by atoms with Crippen LogP contribution >= 0.6 is 11.3 Å². The topological polar surface area (TPSA) is 55.4 Å². The fourth-order valence-electron chi connectivity index (χ4n) is 3.32. The number of esters is 1. The van der Waals surface area contributed by atoms with Gasteiger partial charge >= 0.3 is 5.97 Å². The third-order valence-electron chi connectivity index (χ3n) is 4.71. The zero-order valence-corrected chi connectivity index (χ0v) is 15.2. The minimum Gasteiger partial charge on any atom is -0.459 e. The van der Waals surface area contributed by atoms with E-state index in [1.54, 1.807) is 11.3 Å². The van der Waals surface area contributed by atoms with Crippen molar-refractivity contribution in [3.63, 3.8) is 0 Å². The first-order valence-corrected chi connectivity index (χ1v) is 9.39. The summed E-state index contributed by atoms with van der Waals surface area (Å²) in [7, 11) is 0. The van der Waals surface area contributed by atoms with Crippen LogP contribution in [0.4, 0.5) is 0 Å². The Kier molecular flexibility index (Phi) is 4.90. The monoisotopic (exact) mass is 345 g/mol. The maximum Gasteiger partial charge on any atom is 0.337 e. The summed E-state index contributed by atoms with van der Waals surface area (Å²) < 4.78 is 5.59. The van der Waals surface area contributed by atoms with Gasteiger partial charge in [0.25, 0.3) is 0 Å². The van der Waals surface area contributed by atoms with Crippen molar-refractivity contribution >= 4 is 23.1 Å². The van der Waals surface area contributed by atoms with Gasteiger partial charge in [-0.25, -0.2) is 4.79 Å². The van der Waals surface area contributed by atoms with Crippen molar-refractivity contribution in [3.05, 3.63) is 44.9 Å². The molecule has 2 atom stereocenters. The van der Waals surface area contributed by atoms with E-state index in [9.17, 15) is 9.59 Å². The molecule has 1 aromatic heterocycles. The van der Waals surface area contributed by atoms with Crippen LogP contribution in [0.2, 0.25) is 0 Å². The Morgan fingerprint density at radius 3 is 2.92 bits per heavy atom. The average molecular weight is 345 g/mol. The van der Waals surface area contributed by atoms with Crippen LogP contribution in [0.1, 0.15) is 57.2 Å². The molecule has 0 unspecified atom stereocenters. The highest BCUT2D eigenvalue weighted by Crippen LogP contribution is 2.43. The fraction of sp³-hybridized carbons (Fsp3) is 0.474. The largest absolute Gasteiger partial charge is 0.459 e. The van der Waals surface area contributed by atoms with Gasteiger partial charge in [-0.3, -0.25) is 4.79 Å². The molecule has 1 N–H and O–H groups in total. The molecule has 3 rings (SSSR count). The van der Waals surface area contributed by atoms with E-state index in [0.717, 1.165) is 41.1 Å². The lowest BCUT2D eigenvalue weighted by Crippen LogP contribution is -2.34. The third-order valence-corrected chi connectivity index (χ3v) is 5.64. The van der Waals surface area contributed by atoms with E-state index in [-0.39, 0.29) is 23.8 Å². The normalized spacial score (nSPS) is 22.1. The number of carbonyl (C=O) groups is 2. The number of allylic oxidation sites excluding steroid dienone is 3. The second-order valence-corrected chi connectivity index (χ2v) is 7.38. The Hall–Kier alpha value is -1.88. The second-order valence-electron chi connectivity index (χ2n) is 6.41. The Bertz CT molecular complexity index is 715. The van der Waals surface area contributed by atoms with Crippen molar-refractivity contribution < 1.29 is 14.3 Å². The zero-order valence-electron chi connectivity index (χ0n) is 14.3. The molecular formula is C19H23NO3S. The molecule has 1 aromatic rings. The minimum absolute atomic E-state index is 0.140. The van der Waals surface area contributed by atoms with E-state index in [1.807, 2.05) is 38.3 Å². The van der Waals surface area contributed by atoms with Crippen LogP contribution in [0, 0.1) is 0 Å². The maximum absolute atomic E-state index is 12.8. The molecule has 2 aliphatic rings. The highest BCUT2D eigenvalue weighted by Gasteiger charge is 2.39. The number of Topliss-reactive ketones (excluding diaryl/α,β-unsaturated/α-hetero) is 1. The van der Waals surface area contributed by atoms with E-state index < -0.39 is 0 Å². The summed E-state index contributed by atoms with van der Waals surface area (Å²) in [4.78, 5) is 26.5. The SMILES string of the molecule is CC[C@H](C)OC(=O)C1=C(C)NC2=C(C(=O)CCC2)[C@H]1c1cccs1. The second kappa shape index (κ2) is 6.93. The highest BCUT2D eigenvalue weighted by molar-refractivity contribution is 7.10. The van der Waals surface area contributed by atoms with Crippen LogP contribution < -0.4 is 5.32 Å². The van der Waals surface area contributed by atoms with Gasteiger partial charge in [0.2, 0.25) is 0 Å². The predicted octanol–water partition coefficient (Wildman–Crippen LogP) is 4.06.